The van der Waals surface area contributed by atoms with E-state index in [1.807, 2.05) is 12.1 Å². The van der Waals surface area contributed by atoms with E-state index >= 15 is 0 Å². The molecule has 0 aliphatic rings. The number of ether oxygens (including phenoxy) is 1. The van der Waals surface area contributed by atoms with Crippen LogP contribution in [-0.2, 0) is 11.3 Å². The highest BCUT2D eigenvalue weighted by atomic mass is 16.5. The lowest BCUT2D eigenvalue weighted by Crippen LogP contribution is -2.14. The highest BCUT2D eigenvalue weighted by molar-refractivity contribution is 6.04. The summed E-state index contributed by atoms with van der Waals surface area (Å²) in [5.74, 6) is -0.447. The molecule has 0 unspecified atom stereocenters. The number of nitrogens with zero attached hydrogens (tertiary/aromatic N) is 3. The van der Waals surface area contributed by atoms with Gasteiger partial charge in [-0.1, -0.05) is 12.1 Å². The maximum Gasteiger partial charge on any atom is 0.337 e. The summed E-state index contributed by atoms with van der Waals surface area (Å²) in [5, 5.41) is 5.76. The highest BCUT2D eigenvalue weighted by Gasteiger charge is 2.10. The molecule has 1 aromatic carbocycles. The van der Waals surface area contributed by atoms with E-state index in [9.17, 15) is 9.59 Å². The monoisotopic (exact) mass is 363 g/mol. The van der Waals surface area contributed by atoms with Crippen LogP contribution in [0.15, 0.2) is 61.2 Å². The molecule has 0 radical (unpaired) electrons. The number of nitrogens with one attached hydrogen (secondary N) is 2. The summed E-state index contributed by atoms with van der Waals surface area (Å²) in [6.07, 6.45) is 6.31. The molecule has 0 aliphatic carbocycles. The first-order valence-corrected chi connectivity index (χ1v) is 8.10. The predicted octanol–water partition coefficient (Wildman–Crippen LogP) is 2.52. The molecule has 0 saturated carbocycles. The molecule has 0 atom stereocenters. The van der Waals surface area contributed by atoms with Crippen molar-refractivity contribution in [3.63, 3.8) is 0 Å². The molecular formula is C19H17N5O3. The molecule has 1 amide bonds. The molecule has 2 aromatic heterocycles. The zero-order valence-electron chi connectivity index (χ0n) is 14.5. The second-order valence-electron chi connectivity index (χ2n) is 5.54. The maximum absolute atomic E-state index is 12.3. The summed E-state index contributed by atoms with van der Waals surface area (Å²) in [4.78, 5) is 36.2. The van der Waals surface area contributed by atoms with Gasteiger partial charge in [0.25, 0.3) is 5.91 Å². The van der Waals surface area contributed by atoms with Gasteiger partial charge in [0.2, 0.25) is 5.95 Å². The van der Waals surface area contributed by atoms with Gasteiger partial charge in [-0.05, 0) is 29.8 Å². The van der Waals surface area contributed by atoms with Gasteiger partial charge in [0.15, 0.2) is 0 Å². The topological polar surface area (TPSA) is 106 Å². The van der Waals surface area contributed by atoms with Crippen LogP contribution in [0.3, 0.4) is 0 Å². The fourth-order valence-electron chi connectivity index (χ4n) is 2.27. The normalized spacial score (nSPS) is 10.1. The van der Waals surface area contributed by atoms with E-state index in [1.165, 1.54) is 25.6 Å². The van der Waals surface area contributed by atoms with Crippen LogP contribution < -0.4 is 10.6 Å². The quantitative estimate of drug-likeness (QED) is 0.648. The maximum atomic E-state index is 12.3. The fourth-order valence-corrected chi connectivity index (χ4v) is 2.27. The van der Waals surface area contributed by atoms with Gasteiger partial charge in [-0.3, -0.25) is 9.78 Å². The van der Waals surface area contributed by atoms with Crippen molar-refractivity contribution in [1.82, 2.24) is 15.0 Å². The van der Waals surface area contributed by atoms with Gasteiger partial charge in [-0.15, -0.1) is 0 Å². The third-order valence-corrected chi connectivity index (χ3v) is 3.63. The molecule has 0 fully saturated rings. The number of esters is 1. The number of amides is 1. The summed E-state index contributed by atoms with van der Waals surface area (Å²) in [5.41, 5.74) is 2.11. The number of carbonyl (C=O) groups excluding carboxylic acids is 2. The van der Waals surface area contributed by atoms with Crippen LogP contribution in [0.4, 0.5) is 11.6 Å². The van der Waals surface area contributed by atoms with Crippen molar-refractivity contribution in [3.8, 4) is 0 Å². The first-order chi connectivity index (χ1) is 13.2. The van der Waals surface area contributed by atoms with Crippen LogP contribution in [0, 0.1) is 0 Å². The molecule has 2 N–H and O–H groups in total. The van der Waals surface area contributed by atoms with Crippen LogP contribution in [0.1, 0.15) is 26.3 Å². The first kappa shape index (κ1) is 18.0. The van der Waals surface area contributed by atoms with Crippen molar-refractivity contribution >= 4 is 23.5 Å². The highest BCUT2D eigenvalue weighted by Crippen LogP contribution is 2.13. The third-order valence-electron chi connectivity index (χ3n) is 3.63. The molecule has 0 aliphatic heterocycles. The molecule has 0 saturated heterocycles. The standard InChI is InChI=1S/C19H17N5O3/c1-27-18(26)14-5-2-6-16(8-14)24-17(25)15-11-22-19(23-12-15)21-10-13-4-3-7-20-9-13/h2-9,11-12H,10H2,1H3,(H,24,25)(H,21,22,23). The smallest absolute Gasteiger partial charge is 0.337 e. The SMILES string of the molecule is COC(=O)c1cccc(NC(=O)c2cnc(NCc3cccnc3)nc2)c1. The largest absolute Gasteiger partial charge is 0.465 e. The molecule has 0 spiro atoms. The predicted molar refractivity (Wildman–Crippen MR) is 99.3 cm³/mol. The number of carbonyl (C=O) groups is 2. The van der Waals surface area contributed by atoms with Gasteiger partial charge in [0.1, 0.15) is 0 Å². The lowest BCUT2D eigenvalue weighted by Gasteiger charge is -2.08. The van der Waals surface area contributed by atoms with Crippen molar-refractivity contribution in [2.75, 3.05) is 17.7 Å². The Labute approximate surface area is 155 Å². The summed E-state index contributed by atoms with van der Waals surface area (Å²) < 4.78 is 4.67. The molecule has 8 nitrogen and oxygen atoms in total. The molecule has 2 heterocycles. The van der Waals surface area contributed by atoms with Crippen molar-refractivity contribution < 1.29 is 14.3 Å². The first-order valence-electron chi connectivity index (χ1n) is 8.10. The minimum absolute atomic E-state index is 0.297. The van der Waals surface area contributed by atoms with Crippen molar-refractivity contribution in [2.24, 2.45) is 0 Å². The van der Waals surface area contributed by atoms with Crippen LogP contribution in [0.2, 0.25) is 0 Å². The average Bonchev–Trinajstić information content (AvgIpc) is 2.73. The number of methoxy groups -OCH3 is 1. The van der Waals surface area contributed by atoms with Gasteiger partial charge in [-0.2, -0.15) is 0 Å². The van der Waals surface area contributed by atoms with E-state index < -0.39 is 5.97 Å². The molecule has 3 aromatic rings. The van der Waals surface area contributed by atoms with Gasteiger partial charge in [0, 0.05) is 37.0 Å². The van der Waals surface area contributed by atoms with Crippen LogP contribution >= 0.6 is 0 Å². The number of aromatic nitrogens is 3. The van der Waals surface area contributed by atoms with E-state index in [2.05, 4.69) is 30.3 Å². The molecular weight excluding hydrogens is 346 g/mol. The van der Waals surface area contributed by atoms with Crippen molar-refractivity contribution in [3.05, 3.63) is 77.9 Å². The fraction of sp³-hybridized carbons (Fsp3) is 0.105. The summed E-state index contributed by atoms with van der Waals surface area (Å²) >= 11 is 0. The van der Waals surface area contributed by atoms with E-state index in [0.717, 1.165) is 5.56 Å². The van der Waals surface area contributed by atoms with Crippen LogP contribution in [0.5, 0.6) is 0 Å². The van der Waals surface area contributed by atoms with E-state index in [-0.39, 0.29) is 5.91 Å². The molecule has 3 rings (SSSR count). The Hall–Kier alpha value is -3.81. The zero-order chi connectivity index (χ0) is 19.1. The Morgan fingerprint density at radius 2 is 1.85 bits per heavy atom. The Balaban J connectivity index is 1.61. The minimum atomic E-state index is -0.474. The van der Waals surface area contributed by atoms with Gasteiger partial charge < -0.3 is 15.4 Å². The van der Waals surface area contributed by atoms with Crippen molar-refractivity contribution in [1.29, 1.82) is 0 Å². The van der Waals surface area contributed by atoms with Crippen molar-refractivity contribution in [2.45, 2.75) is 6.54 Å². The minimum Gasteiger partial charge on any atom is -0.465 e. The Bertz CT molecular complexity index is 930. The van der Waals surface area contributed by atoms with E-state index in [1.54, 1.807) is 30.6 Å². The second kappa shape index (κ2) is 8.52. The van der Waals surface area contributed by atoms with Gasteiger partial charge >= 0.3 is 5.97 Å². The van der Waals surface area contributed by atoms with E-state index in [0.29, 0.717) is 29.3 Å². The average molecular weight is 363 g/mol. The number of rotatable bonds is 6. The molecule has 0 bridgehead atoms. The number of hydrogen-bond acceptors (Lipinski definition) is 7. The lowest BCUT2D eigenvalue weighted by atomic mass is 10.2. The second-order valence-corrected chi connectivity index (χ2v) is 5.54. The number of hydrogen-bond donors (Lipinski definition) is 2. The Kier molecular flexibility index (Phi) is 5.68. The number of anilines is 2. The van der Waals surface area contributed by atoms with Gasteiger partial charge in [-0.25, -0.2) is 14.8 Å². The Morgan fingerprint density at radius 3 is 2.56 bits per heavy atom. The summed E-state index contributed by atoms with van der Waals surface area (Å²) in [6.45, 7) is 0.527. The van der Waals surface area contributed by atoms with E-state index in [4.69, 9.17) is 0 Å². The molecule has 8 heteroatoms. The van der Waals surface area contributed by atoms with Gasteiger partial charge in [0.05, 0.1) is 18.2 Å². The van der Waals surface area contributed by atoms with Crippen LogP contribution in [-0.4, -0.2) is 33.9 Å². The summed E-state index contributed by atoms with van der Waals surface area (Å²) in [7, 11) is 1.30. The summed E-state index contributed by atoms with van der Waals surface area (Å²) in [6, 6.07) is 10.3. The number of benzene rings is 1. The molecule has 136 valence electrons. The number of pyridine rings is 1. The zero-order valence-corrected chi connectivity index (χ0v) is 14.5. The third kappa shape index (κ3) is 4.85. The Morgan fingerprint density at radius 1 is 1.04 bits per heavy atom. The molecule has 27 heavy (non-hydrogen) atoms. The lowest BCUT2D eigenvalue weighted by molar-refractivity contribution is 0.0600. The van der Waals surface area contributed by atoms with Crippen LogP contribution in [0.25, 0.3) is 0 Å².